The van der Waals surface area contributed by atoms with E-state index in [0.717, 1.165) is 33.1 Å². The van der Waals surface area contributed by atoms with Crippen LogP contribution in [0.3, 0.4) is 0 Å². The van der Waals surface area contributed by atoms with Gasteiger partial charge in [0.05, 0.1) is 16.8 Å². The smallest absolute Gasteiger partial charge is 0.319 e. The molecule has 4 nitrogen and oxygen atoms in total. The van der Waals surface area contributed by atoms with Gasteiger partial charge in [-0.2, -0.15) is 0 Å². The highest BCUT2D eigenvalue weighted by Gasteiger charge is 2.22. The van der Waals surface area contributed by atoms with Crippen molar-refractivity contribution in [2.75, 3.05) is 12.3 Å². The first kappa shape index (κ1) is 15.1. The summed E-state index contributed by atoms with van der Waals surface area (Å²) in [5, 5.41) is -0.183. The maximum Gasteiger partial charge on any atom is 0.319 e. The Morgan fingerprint density at radius 2 is 2.30 bits per heavy atom. The summed E-state index contributed by atoms with van der Waals surface area (Å²) in [4.78, 5) is 16.5. The van der Waals surface area contributed by atoms with E-state index in [4.69, 9.17) is 10.5 Å². The Morgan fingerprint density at radius 3 is 3.00 bits per heavy atom. The molecule has 108 valence electrons. The molecule has 0 fully saturated rings. The lowest BCUT2D eigenvalue weighted by Crippen LogP contribution is -2.19. The van der Waals surface area contributed by atoms with E-state index in [0.29, 0.717) is 6.61 Å². The average Bonchev–Trinajstić information content (AvgIpc) is 2.80. The number of fused-ring (bicyclic) bond motifs is 1. The normalized spacial score (nSPS) is 12.5. The molecule has 0 aliphatic rings. The van der Waals surface area contributed by atoms with Crippen molar-refractivity contribution < 1.29 is 9.53 Å². The second-order valence-electron chi connectivity index (χ2n) is 4.35. The number of hydrogen-bond acceptors (Lipinski definition) is 6. The van der Waals surface area contributed by atoms with Crippen LogP contribution in [0.2, 0.25) is 0 Å². The predicted octanol–water partition coefficient (Wildman–Crippen LogP) is 3.70. The van der Waals surface area contributed by atoms with Gasteiger partial charge in [0.15, 0.2) is 4.34 Å². The van der Waals surface area contributed by atoms with Crippen molar-refractivity contribution in [1.29, 1.82) is 0 Å². The molecule has 1 atom stereocenters. The molecule has 2 rings (SSSR count). The third-order valence-corrected chi connectivity index (χ3v) is 5.09. The van der Waals surface area contributed by atoms with E-state index < -0.39 is 0 Å². The molecule has 6 heteroatoms. The van der Waals surface area contributed by atoms with Gasteiger partial charge in [0, 0.05) is 5.69 Å². The van der Waals surface area contributed by atoms with Gasteiger partial charge in [-0.15, -0.1) is 11.3 Å². The van der Waals surface area contributed by atoms with Crippen LogP contribution in [-0.4, -0.2) is 22.8 Å². The summed E-state index contributed by atoms with van der Waals surface area (Å²) in [6.07, 6.45) is 1.73. The van der Waals surface area contributed by atoms with Gasteiger partial charge in [-0.3, -0.25) is 4.79 Å². The number of anilines is 1. The Balaban J connectivity index is 2.17. The van der Waals surface area contributed by atoms with E-state index in [2.05, 4.69) is 11.9 Å². The van der Waals surface area contributed by atoms with E-state index >= 15 is 0 Å². The first-order valence-corrected chi connectivity index (χ1v) is 8.33. The van der Waals surface area contributed by atoms with Crippen LogP contribution < -0.4 is 5.73 Å². The number of esters is 1. The van der Waals surface area contributed by atoms with Crippen LogP contribution in [0.15, 0.2) is 22.5 Å². The van der Waals surface area contributed by atoms with E-state index in [9.17, 15) is 4.79 Å². The number of nitrogen functional groups attached to an aromatic ring is 1. The SMILES string of the molecule is CCCC(Sc1nc2ccc(N)cc2s1)C(=O)OCC. The number of rotatable bonds is 6. The lowest BCUT2D eigenvalue weighted by molar-refractivity contribution is -0.142. The van der Waals surface area contributed by atoms with E-state index in [1.807, 2.05) is 25.1 Å². The summed E-state index contributed by atoms with van der Waals surface area (Å²) in [5.74, 6) is -0.155. The number of ether oxygens (including phenoxy) is 1. The van der Waals surface area contributed by atoms with Crippen molar-refractivity contribution in [2.24, 2.45) is 0 Å². The number of carbonyl (C=O) groups excluding carboxylic acids is 1. The van der Waals surface area contributed by atoms with E-state index in [1.165, 1.54) is 11.8 Å². The number of thiazole rings is 1. The highest BCUT2D eigenvalue weighted by Crippen LogP contribution is 2.34. The minimum Gasteiger partial charge on any atom is -0.465 e. The number of carbonyl (C=O) groups is 1. The second-order valence-corrected chi connectivity index (χ2v) is 6.83. The van der Waals surface area contributed by atoms with Crippen LogP contribution in [-0.2, 0) is 9.53 Å². The minimum atomic E-state index is -0.183. The van der Waals surface area contributed by atoms with Gasteiger partial charge in [0.1, 0.15) is 5.25 Å². The lowest BCUT2D eigenvalue weighted by atomic mass is 10.2. The van der Waals surface area contributed by atoms with Crippen LogP contribution in [0.4, 0.5) is 5.69 Å². The molecule has 0 radical (unpaired) electrons. The molecule has 0 saturated carbocycles. The molecule has 0 aliphatic carbocycles. The Morgan fingerprint density at radius 1 is 1.50 bits per heavy atom. The third-order valence-electron chi connectivity index (χ3n) is 2.74. The zero-order valence-corrected chi connectivity index (χ0v) is 13.2. The predicted molar refractivity (Wildman–Crippen MR) is 85.2 cm³/mol. The second kappa shape index (κ2) is 6.95. The van der Waals surface area contributed by atoms with Crippen LogP contribution in [0.5, 0.6) is 0 Å². The third kappa shape index (κ3) is 3.64. The Bertz CT molecular complexity index is 598. The summed E-state index contributed by atoms with van der Waals surface area (Å²) in [6, 6.07) is 5.66. The summed E-state index contributed by atoms with van der Waals surface area (Å²) in [5.41, 5.74) is 7.42. The molecule has 20 heavy (non-hydrogen) atoms. The average molecular weight is 310 g/mol. The lowest BCUT2D eigenvalue weighted by Gasteiger charge is -2.12. The molecule has 0 spiro atoms. The number of hydrogen-bond donors (Lipinski definition) is 1. The van der Waals surface area contributed by atoms with E-state index in [1.54, 1.807) is 11.3 Å². The summed E-state index contributed by atoms with van der Waals surface area (Å²) >= 11 is 3.05. The van der Waals surface area contributed by atoms with Gasteiger partial charge < -0.3 is 10.5 Å². The molecule has 0 saturated heterocycles. The Hall–Kier alpha value is -1.27. The minimum absolute atomic E-state index is 0.155. The number of benzene rings is 1. The standard InChI is InChI=1S/C14H18N2O2S2/c1-3-5-11(13(17)18-4-2)19-14-16-10-7-6-9(15)8-12(10)20-14/h6-8,11H,3-5,15H2,1-2H3. The number of aromatic nitrogens is 1. The fraction of sp³-hybridized carbons (Fsp3) is 0.429. The Labute approximate surface area is 126 Å². The zero-order chi connectivity index (χ0) is 14.5. The van der Waals surface area contributed by atoms with Gasteiger partial charge in [0.2, 0.25) is 0 Å². The molecule has 1 heterocycles. The fourth-order valence-electron chi connectivity index (χ4n) is 1.81. The maximum absolute atomic E-state index is 11.9. The highest BCUT2D eigenvalue weighted by molar-refractivity contribution is 8.02. The number of thioether (sulfide) groups is 1. The van der Waals surface area contributed by atoms with Crippen molar-refractivity contribution in [2.45, 2.75) is 36.3 Å². The molecule has 2 N–H and O–H groups in total. The van der Waals surface area contributed by atoms with E-state index in [-0.39, 0.29) is 11.2 Å². The van der Waals surface area contributed by atoms with Crippen LogP contribution in [0.25, 0.3) is 10.2 Å². The van der Waals surface area contributed by atoms with Gasteiger partial charge in [-0.1, -0.05) is 25.1 Å². The van der Waals surface area contributed by atoms with Crippen molar-refractivity contribution in [3.8, 4) is 0 Å². The van der Waals surface area contributed by atoms with Gasteiger partial charge in [-0.25, -0.2) is 4.98 Å². The van der Waals surface area contributed by atoms with Crippen molar-refractivity contribution >= 4 is 45.0 Å². The van der Waals surface area contributed by atoms with Gasteiger partial charge in [-0.05, 0) is 31.5 Å². The number of nitrogens with zero attached hydrogens (tertiary/aromatic N) is 1. The molecule has 1 aromatic heterocycles. The number of nitrogens with two attached hydrogens (primary N) is 1. The van der Waals surface area contributed by atoms with Gasteiger partial charge in [0.25, 0.3) is 0 Å². The summed E-state index contributed by atoms with van der Waals surface area (Å²) in [7, 11) is 0. The highest BCUT2D eigenvalue weighted by atomic mass is 32.2. The van der Waals surface area contributed by atoms with Crippen molar-refractivity contribution in [3.05, 3.63) is 18.2 Å². The monoisotopic (exact) mass is 310 g/mol. The van der Waals surface area contributed by atoms with Crippen molar-refractivity contribution in [1.82, 2.24) is 4.98 Å². The topological polar surface area (TPSA) is 65.2 Å². The van der Waals surface area contributed by atoms with Crippen LogP contribution in [0.1, 0.15) is 26.7 Å². The maximum atomic E-state index is 11.9. The van der Waals surface area contributed by atoms with Crippen molar-refractivity contribution in [3.63, 3.8) is 0 Å². The Kier molecular flexibility index (Phi) is 5.25. The molecule has 0 bridgehead atoms. The quantitative estimate of drug-likeness (QED) is 0.500. The largest absolute Gasteiger partial charge is 0.465 e. The molecule has 0 amide bonds. The van der Waals surface area contributed by atoms with Gasteiger partial charge >= 0.3 is 5.97 Å². The fourth-order valence-corrected chi connectivity index (χ4v) is 4.28. The summed E-state index contributed by atoms with van der Waals surface area (Å²) in [6.45, 7) is 4.30. The first-order chi connectivity index (χ1) is 9.63. The molecule has 1 unspecified atom stereocenters. The zero-order valence-electron chi connectivity index (χ0n) is 11.6. The molecule has 1 aromatic carbocycles. The van der Waals surface area contributed by atoms with Crippen LogP contribution >= 0.6 is 23.1 Å². The molecule has 2 aromatic rings. The summed E-state index contributed by atoms with van der Waals surface area (Å²) < 4.78 is 7.05. The molecular formula is C14H18N2O2S2. The first-order valence-electron chi connectivity index (χ1n) is 6.63. The molecular weight excluding hydrogens is 292 g/mol. The van der Waals surface area contributed by atoms with Crippen LogP contribution in [0, 0.1) is 0 Å². The molecule has 0 aliphatic heterocycles.